The van der Waals surface area contributed by atoms with E-state index >= 15 is 0 Å². The lowest BCUT2D eigenvalue weighted by molar-refractivity contribution is -0.157. The van der Waals surface area contributed by atoms with E-state index in [1.807, 2.05) is 0 Å². The number of rotatable bonds is 7. The standard InChI is InChI=1S/C18H14O7/c19-14(11-7-3-1-4-8-11)13(16(20)21)15(17(22)23)25-18(24)12-9-5-2-6-10-12/h1-10,13,15H,(H,20,21)(H,22,23)/t13?,15-/m0/s1. The average molecular weight is 342 g/mol. The van der Waals surface area contributed by atoms with E-state index in [1.54, 1.807) is 12.1 Å². The van der Waals surface area contributed by atoms with Gasteiger partial charge in [0.2, 0.25) is 6.10 Å². The molecule has 0 bridgehead atoms. The molecule has 0 aliphatic heterocycles. The van der Waals surface area contributed by atoms with Crippen LogP contribution in [0.2, 0.25) is 0 Å². The number of ketones is 1. The molecule has 0 amide bonds. The predicted octanol–water partition coefficient (Wildman–Crippen LogP) is 1.88. The molecule has 0 aromatic heterocycles. The van der Waals surface area contributed by atoms with Crippen molar-refractivity contribution in [3.05, 3.63) is 71.8 Å². The van der Waals surface area contributed by atoms with E-state index < -0.39 is 35.7 Å². The van der Waals surface area contributed by atoms with Gasteiger partial charge in [0.1, 0.15) is 0 Å². The van der Waals surface area contributed by atoms with Gasteiger partial charge >= 0.3 is 17.9 Å². The maximum absolute atomic E-state index is 12.4. The van der Waals surface area contributed by atoms with Crippen LogP contribution in [-0.2, 0) is 14.3 Å². The highest BCUT2D eigenvalue weighted by Gasteiger charge is 2.42. The first-order valence-corrected chi connectivity index (χ1v) is 7.22. The molecule has 7 heteroatoms. The molecule has 2 aromatic carbocycles. The molecule has 2 atom stereocenters. The van der Waals surface area contributed by atoms with Gasteiger partial charge in [-0.2, -0.15) is 0 Å². The Morgan fingerprint density at radius 2 is 1.20 bits per heavy atom. The van der Waals surface area contributed by atoms with E-state index in [4.69, 9.17) is 4.74 Å². The third-order valence-corrected chi connectivity index (χ3v) is 3.40. The molecule has 0 aliphatic rings. The average Bonchev–Trinajstić information content (AvgIpc) is 2.62. The molecule has 2 N–H and O–H groups in total. The fourth-order valence-electron chi connectivity index (χ4n) is 2.18. The molecule has 0 fully saturated rings. The quantitative estimate of drug-likeness (QED) is 0.448. The van der Waals surface area contributed by atoms with Crippen LogP contribution in [0, 0.1) is 5.92 Å². The minimum absolute atomic E-state index is 0.0110. The monoisotopic (exact) mass is 342 g/mol. The van der Waals surface area contributed by atoms with Crippen LogP contribution >= 0.6 is 0 Å². The number of Topliss-reactive ketones (excluding diaryl/α,β-unsaturated/α-hetero) is 1. The summed E-state index contributed by atoms with van der Waals surface area (Å²) in [5.74, 6) is -7.46. The van der Waals surface area contributed by atoms with Crippen molar-refractivity contribution in [1.82, 2.24) is 0 Å². The highest BCUT2D eigenvalue weighted by atomic mass is 16.6. The van der Waals surface area contributed by atoms with E-state index in [9.17, 15) is 29.4 Å². The Labute approximate surface area is 142 Å². The molecule has 1 unspecified atom stereocenters. The molecular weight excluding hydrogens is 328 g/mol. The van der Waals surface area contributed by atoms with Crippen molar-refractivity contribution in [3.8, 4) is 0 Å². The van der Waals surface area contributed by atoms with Gasteiger partial charge in [0, 0.05) is 5.56 Å². The molecule has 0 spiro atoms. The van der Waals surface area contributed by atoms with Crippen LogP contribution in [-0.4, -0.2) is 40.0 Å². The Hall–Kier alpha value is -3.48. The first-order chi connectivity index (χ1) is 11.9. The molecule has 0 saturated heterocycles. The minimum Gasteiger partial charge on any atom is -0.481 e. The number of carboxylic acids is 2. The van der Waals surface area contributed by atoms with Crippen molar-refractivity contribution in [2.75, 3.05) is 0 Å². The molecule has 2 aromatic rings. The zero-order valence-corrected chi connectivity index (χ0v) is 12.9. The number of benzene rings is 2. The largest absolute Gasteiger partial charge is 0.481 e. The van der Waals surface area contributed by atoms with E-state index in [0.717, 1.165) is 0 Å². The zero-order valence-electron chi connectivity index (χ0n) is 12.9. The number of carbonyl (C=O) groups excluding carboxylic acids is 2. The highest BCUT2D eigenvalue weighted by Crippen LogP contribution is 2.18. The van der Waals surface area contributed by atoms with Crippen LogP contribution in [0.4, 0.5) is 0 Å². The first kappa shape index (κ1) is 17.9. The third kappa shape index (κ3) is 4.29. The molecule has 0 heterocycles. The van der Waals surface area contributed by atoms with Gasteiger partial charge in [-0.25, -0.2) is 9.59 Å². The van der Waals surface area contributed by atoms with Gasteiger partial charge in [0.15, 0.2) is 11.7 Å². The van der Waals surface area contributed by atoms with Gasteiger partial charge in [0.05, 0.1) is 5.56 Å². The molecule has 0 aliphatic carbocycles. The van der Waals surface area contributed by atoms with Crippen molar-refractivity contribution < 1.29 is 34.1 Å². The summed E-state index contributed by atoms with van der Waals surface area (Å²) in [4.78, 5) is 47.4. The summed E-state index contributed by atoms with van der Waals surface area (Å²) in [6, 6.07) is 14.8. The molecule has 128 valence electrons. The van der Waals surface area contributed by atoms with Gasteiger partial charge in [-0.1, -0.05) is 48.5 Å². The van der Waals surface area contributed by atoms with E-state index in [0.29, 0.717) is 0 Å². The maximum Gasteiger partial charge on any atom is 0.346 e. The summed E-state index contributed by atoms with van der Waals surface area (Å²) in [6.45, 7) is 0. The summed E-state index contributed by atoms with van der Waals surface area (Å²) in [7, 11) is 0. The third-order valence-electron chi connectivity index (χ3n) is 3.40. The van der Waals surface area contributed by atoms with Gasteiger partial charge in [-0.3, -0.25) is 9.59 Å². The number of esters is 1. The lowest BCUT2D eigenvalue weighted by Gasteiger charge is -2.20. The number of hydrogen-bond donors (Lipinski definition) is 2. The van der Waals surface area contributed by atoms with Crippen LogP contribution in [0.25, 0.3) is 0 Å². The normalized spacial score (nSPS) is 12.6. The molecule has 2 rings (SSSR count). The highest BCUT2D eigenvalue weighted by molar-refractivity contribution is 6.11. The van der Waals surface area contributed by atoms with Crippen LogP contribution < -0.4 is 0 Å². The number of hydrogen-bond acceptors (Lipinski definition) is 5. The summed E-state index contributed by atoms with van der Waals surface area (Å²) in [6.07, 6.45) is -2.15. The Kier molecular flexibility index (Phi) is 5.62. The van der Waals surface area contributed by atoms with E-state index in [-0.39, 0.29) is 11.1 Å². The van der Waals surface area contributed by atoms with Gasteiger partial charge in [-0.15, -0.1) is 0 Å². The number of carboxylic acid groups (broad SMARTS) is 2. The molecule has 7 nitrogen and oxygen atoms in total. The number of carbonyl (C=O) groups is 4. The molecule has 0 radical (unpaired) electrons. The van der Waals surface area contributed by atoms with Crippen molar-refractivity contribution in [2.45, 2.75) is 6.10 Å². The van der Waals surface area contributed by atoms with Crippen molar-refractivity contribution >= 4 is 23.7 Å². The summed E-state index contributed by atoms with van der Waals surface area (Å²) < 4.78 is 4.82. The minimum atomic E-state index is -2.15. The van der Waals surface area contributed by atoms with Crippen molar-refractivity contribution in [2.24, 2.45) is 5.92 Å². The second-order valence-corrected chi connectivity index (χ2v) is 5.08. The van der Waals surface area contributed by atoms with E-state index in [1.165, 1.54) is 48.5 Å². The van der Waals surface area contributed by atoms with Crippen LogP contribution in [0.3, 0.4) is 0 Å². The fourth-order valence-corrected chi connectivity index (χ4v) is 2.18. The van der Waals surface area contributed by atoms with Crippen molar-refractivity contribution in [3.63, 3.8) is 0 Å². The summed E-state index contributed by atoms with van der Waals surface area (Å²) in [5.41, 5.74) is 0.0574. The molecule has 25 heavy (non-hydrogen) atoms. The second kappa shape index (κ2) is 7.87. The molecular formula is C18H14O7. The number of aliphatic carboxylic acids is 2. The Bertz CT molecular complexity index is 784. The first-order valence-electron chi connectivity index (χ1n) is 7.22. The fraction of sp³-hybridized carbons (Fsp3) is 0.111. The number of ether oxygens (including phenoxy) is 1. The van der Waals surface area contributed by atoms with E-state index in [2.05, 4.69) is 0 Å². The van der Waals surface area contributed by atoms with Gasteiger partial charge in [0.25, 0.3) is 0 Å². The smallest absolute Gasteiger partial charge is 0.346 e. The Morgan fingerprint density at radius 1 is 0.720 bits per heavy atom. The lowest BCUT2D eigenvalue weighted by atomic mass is 9.92. The zero-order chi connectivity index (χ0) is 18.4. The lowest BCUT2D eigenvalue weighted by Crippen LogP contribution is -2.43. The summed E-state index contributed by atoms with van der Waals surface area (Å²) in [5, 5.41) is 18.6. The van der Waals surface area contributed by atoms with Gasteiger partial charge in [-0.05, 0) is 12.1 Å². The topological polar surface area (TPSA) is 118 Å². The Morgan fingerprint density at radius 3 is 1.64 bits per heavy atom. The Balaban J connectivity index is 2.32. The predicted molar refractivity (Wildman–Crippen MR) is 85.2 cm³/mol. The maximum atomic E-state index is 12.4. The van der Waals surface area contributed by atoms with Crippen LogP contribution in [0.5, 0.6) is 0 Å². The van der Waals surface area contributed by atoms with Gasteiger partial charge < -0.3 is 14.9 Å². The summed E-state index contributed by atoms with van der Waals surface area (Å²) >= 11 is 0. The second-order valence-electron chi connectivity index (χ2n) is 5.08. The van der Waals surface area contributed by atoms with Crippen LogP contribution in [0.15, 0.2) is 60.7 Å². The molecule has 0 saturated carbocycles. The van der Waals surface area contributed by atoms with Crippen molar-refractivity contribution in [1.29, 1.82) is 0 Å². The SMILES string of the molecule is O=C(O[C@H](C(=O)O)C(C(=O)O)C(=O)c1ccccc1)c1ccccc1. The van der Waals surface area contributed by atoms with Crippen LogP contribution in [0.1, 0.15) is 20.7 Å².